The first kappa shape index (κ1) is 22.9. The van der Waals surface area contributed by atoms with Gasteiger partial charge >= 0.3 is 0 Å². The summed E-state index contributed by atoms with van der Waals surface area (Å²) in [4.78, 5) is 14.7. The Morgan fingerprint density at radius 1 is 1.07 bits per heavy atom. The summed E-state index contributed by atoms with van der Waals surface area (Å²) in [5.74, 6) is 0.486. The van der Waals surface area contributed by atoms with Gasteiger partial charge in [-0.1, -0.05) is 18.2 Å². The zero-order valence-electron chi connectivity index (χ0n) is 17.5. The Labute approximate surface area is 173 Å². The van der Waals surface area contributed by atoms with Gasteiger partial charge in [0.1, 0.15) is 5.75 Å². The third kappa shape index (κ3) is 6.03. The molecule has 0 heterocycles. The highest BCUT2D eigenvalue weighted by atomic mass is 32.2. The summed E-state index contributed by atoms with van der Waals surface area (Å²) in [6.45, 7) is 3.88. The van der Waals surface area contributed by atoms with Crippen LogP contribution in [0.25, 0.3) is 0 Å². The van der Waals surface area contributed by atoms with Crippen LogP contribution in [0.15, 0.2) is 53.4 Å². The molecule has 8 heteroatoms. The molecule has 0 fully saturated rings. The summed E-state index contributed by atoms with van der Waals surface area (Å²) in [7, 11) is 1.90. The van der Waals surface area contributed by atoms with Gasteiger partial charge in [-0.15, -0.1) is 0 Å². The Balaban J connectivity index is 2.11. The molecule has 1 unspecified atom stereocenters. The number of methoxy groups -OCH3 is 1. The Bertz CT molecular complexity index is 925. The predicted octanol–water partition coefficient (Wildman–Crippen LogP) is 2.41. The quantitative estimate of drug-likeness (QED) is 0.652. The molecule has 0 aliphatic rings. The molecule has 0 aliphatic carbocycles. The minimum Gasteiger partial charge on any atom is -0.496 e. The van der Waals surface area contributed by atoms with E-state index >= 15 is 0 Å². The summed E-state index contributed by atoms with van der Waals surface area (Å²) in [6, 6.07) is 13.3. The van der Waals surface area contributed by atoms with E-state index in [0.717, 1.165) is 11.3 Å². The van der Waals surface area contributed by atoms with E-state index in [0.29, 0.717) is 12.1 Å². The van der Waals surface area contributed by atoms with Gasteiger partial charge in [0.2, 0.25) is 10.0 Å². The van der Waals surface area contributed by atoms with Gasteiger partial charge in [-0.2, -0.15) is 0 Å². The van der Waals surface area contributed by atoms with Crippen LogP contribution >= 0.6 is 0 Å². The van der Waals surface area contributed by atoms with E-state index in [2.05, 4.69) is 10.0 Å². The fourth-order valence-corrected chi connectivity index (χ4v) is 4.22. The van der Waals surface area contributed by atoms with Gasteiger partial charge in [0.25, 0.3) is 5.91 Å². The van der Waals surface area contributed by atoms with Gasteiger partial charge in [-0.05, 0) is 58.3 Å². The first-order chi connectivity index (χ1) is 13.7. The minimum absolute atomic E-state index is 0.0787. The number of sulfonamides is 1. The maximum absolute atomic E-state index is 12.6. The summed E-state index contributed by atoms with van der Waals surface area (Å²) in [5.41, 5.74) is 1.37. The van der Waals surface area contributed by atoms with Crippen LogP contribution in [0.3, 0.4) is 0 Å². The highest BCUT2D eigenvalue weighted by Crippen LogP contribution is 2.27. The molecule has 0 bridgehead atoms. The van der Waals surface area contributed by atoms with Gasteiger partial charge < -0.3 is 15.0 Å². The Hall–Kier alpha value is -2.42. The Morgan fingerprint density at radius 3 is 2.24 bits per heavy atom. The zero-order valence-corrected chi connectivity index (χ0v) is 18.3. The molecule has 2 N–H and O–H groups in total. The first-order valence-electron chi connectivity index (χ1n) is 9.35. The highest BCUT2D eigenvalue weighted by Gasteiger charge is 2.20. The van der Waals surface area contributed by atoms with E-state index < -0.39 is 10.0 Å². The number of rotatable bonds is 9. The van der Waals surface area contributed by atoms with Crippen LogP contribution in [-0.4, -0.2) is 53.0 Å². The molecule has 2 aromatic rings. The average Bonchev–Trinajstić information content (AvgIpc) is 2.67. The lowest BCUT2D eigenvalue weighted by Crippen LogP contribution is -2.34. The number of para-hydroxylation sites is 1. The second-order valence-electron chi connectivity index (χ2n) is 7.23. The van der Waals surface area contributed by atoms with Crippen LogP contribution in [-0.2, 0) is 10.0 Å². The SMILES string of the molecule is COc1ccccc1C(CNC(=O)c1ccc(S(=O)(=O)NC(C)C)cc1)N(C)C. The van der Waals surface area contributed by atoms with Crippen LogP contribution in [0.2, 0.25) is 0 Å². The van der Waals surface area contributed by atoms with Crippen molar-refractivity contribution in [1.29, 1.82) is 0 Å². The van der Waals surface area contributed by atoms with Gasteiger partial charge in [0.05, 0.1) is 18.0 Å². The van der Waals surface area contributed by atoms with E-state index in [9.17, 15) is 13.2 Å². The third-order valence-electron chi connectivity index (χ3n) is 4.39. The Morgan fingerprint density at radius 2 is 1.69 bits per heavy atom. The van der Waals surface area contributed by atoms with E-state index in [1.807, 2.05) is 43.3 Å². The minimum atomic E-state index is -3.58. The second-order valence-corrected chi connectivity index (χ2v) is 8.95. The topological polar surface area (TPSA) is 87.7 Å². The number of nitrogens with one attached hydrogen (secondary N) is 2. The van der Waals surface area contributed by atoms with E-state index in [-0.39, 0.29) is 22.9 Å². The molecule has 29 heavy (non-hydrogen) atoms. The lowest BCUT2D eigenvalue weighted by molar-refractivity contribution is 0.0941. The number of hydrogen-bond acceptors (Lipinski definition) is 5. The maximum Gasteiger partial charge on any atom is 0.251 e. The summed E-state index contributed by atoms with van der Waals surface area (Å²) >= 11 is 0. The van der Waals surface area contributed by atoms with Crippen LogP contribution < -0.4 is 14.8 Å². The van der Waals surface area contributed by atoms with Crippen molar-refractivity contribution in [2.75, 3.05) is 27.7 Å². The van der Waals surface area contributed by atoms with Crippen molar-refractivity contribution in [2.24, 2.45) is 0 Å². The van der Waals surface area contributed by atoms with Gasteiger partial charge in [0, 0.05) is 23.7 Å². The van der Waals surface area contributed by atoms with Crippen LogP contribution in [0.4, 0.5) is 0 Å². The predicted molar refractivity (Wildman–Crippen MR) is 114 cm³/mol. The lowest BCUT2D eigenvalue weighted by Gasteiger charge is -2.26. The molecule has 0 aromatic heterocycles. The molecular formula is C21H29N3O4S. The summed E-state index contributed by atoms with van der Waals surface area (Å²) in [5, 5.41) is 2.92. The molecule has 2 aromatic carbocycles. The molecule has 158 valence electrons. The smallest absolute Gasteiger partial charge is 0.251 e. The maximum atomic E-state index is 12.6. The third-order valence-corrected chi connectivity index (χ3v) is 6.07. The fourth-order valence-electron chi connectivity index (χ4n) is 2.97. The largest absolute Gasteiger partial charge is 0.496 e. The highest BCUT2D eigenvalue weighted by molar-refractivity contribution is 7.89. The number of carbonyl (C=O) groups excluding carboxylic acids is 1. The van der Waals surface area contributed by atoms with Crippen LogP contribution in [0, 0.1) is 0 Å². The summed E-state index contributed by atoms with van der Waals surface area (Å²) < 4.78 is 32.4. The molecule has 0 saturated heterocycles. The number of likely N-dealkylation sites (N-methyl/N-ethyl adjacent to an activating group) is 1. The van der Waals surface area contributed by atoms with E-state index in [1.165, 1.54) is 24.3 Å². The van der Waals surface area contributed by atoms with Crippen molar-refractivity contribution in [3.8, 4) is 5.75 Å². The molecule has 1 amide bonds. The molecular weight excluding hydrogens is 390 g/mol. The molecule has 0 radical (unpaired) electrons. The molecule has 0 spiro atoms. The molecule has 0 saturated carbocycles. The lowest BCUT2D eigenvalue weighted by atomic mass is 10.0. The number of nitrogens with zero attached hydrogens (tertiary/aromatic N) is 1. The van der Waals surface area contributed by atoms with Crippen molar-refractivity contribution in [2.45, 2.75) is 30.8 Å². The first-order valence-corrected chi connectivity index (χ1v) is 10.8. The normalized spacial score (nSPS) is 12.8. The molecule has 1 atom stereocenters. The standard InChI is InChI=1S/C21H29N3O4S/c1-15(2)23-29(26,27)17-12-10-16(11-13-17)21(25)22-14-19(24(3)4)18-8-6-7-9-20(18)28-5/h6-13,15,19,23H,14H2,1-5H3,(H,22,25). The van der Waals surface area contributed by atoms with Crippen molar-refractivity contribution >= 4 is 15.9 Å². The number of hydrogen-bond donors (Lipinski definition) is 2. The molecule has 2 rings (SSSR count). The van der Waals surface area contributed by atoms with Crippen molar-refractivity contribution < 1.29 is 17.9 Å². The number of ether oxygens (including phenoxy) is 1. The second kappa shape index (κ2) is 9.87. The van der Waals surface area contributed by atoms with Crippen LogP contribution in [0.5, 0.6) is 5.75 Å². The van der Waals surface area contributed by atoms with Gasteiger partial charge in [0.15, 0.2) is 0 Å². The van der Waals surface area contributed by atoms with E-state index in [4.69, 9.17) is 4.74 Å². The molecule has 7 nitrogen and oxygen atoms in total. The zero-order chi connectivity index (χ0) is 21.6. The number of benzene rings is 2. The van der Waals surface area contributed by atoms with Gasteiger partial charge in [-0.3, -0.25) is 4.79 Å². The van der Waals surface area contributed by atoms with Crippen molar-refractivity contribution in [3.63, 3.8) is 0 Å². The van der Waals surface area contributed by atoms with E-state index in [1.54, 1.807) is 21.0 Å². The summed E-state index contributed by atoms with van der Waals surface area (Å²) in [6.07, 6.45) is 0. The van der Waals surface area contributed by atoms with Crippen molar-refractivity contribution in [3.05, 3.63) is 59.7 Å². The molecule has 0 aliphatic heterocycles. The average molecular weight is 420 g/mol. The number of amides is 1. The monoisotopic (exact) mass is 419 g/mol. The van der Waals surface area contributed by atoms with Crippen LogP contribution in [0.1, 0.15) is 35.8 Å². The number of carbonyl (C=O) groups is 1. The van der Waals surface area contributed by atoms with Crippen molar-refractivity contribution in [1.82, 2.24) is 14.9 Å². The Kier molecular flexibility index (Phi) is 7.78. The fraction of sp³-hybridized carbons (Fsp3) is 0.381. The van der Waals surface area contributed by atoms with Gasteiger partial charge in [-0.25, -0.2) is 13.1 Å².